The number of benzene rings is 1. The summed E-state index contributed by atoms with van der Waals surface area (Å²) in [6, 6.07) is 10.0. The summed E-state index contributed by atoms with van der Waals surface area (Å²) in [7, 11) is 0. The van der Waals surface area contributed by atoms with Crippen LogP contribution < -0.4 is 16.4 Å². The maximum absolute atomic E-state index is 9.39. The van der Waals surface area contributed by atoms with Gasteiger partial charge in [-0.15, -0.1) is 0 Å². The van der Waals surface area contributed by atoms with Crippen molar-refractivity contribution in [2.45, 2.75) is 19.3 Å². The Morgan fingerprint density at radius 1 is 1.05 bits per heavy atom. The van der Waals surface area contributed by atoms with Crippen molar-refractivity contribution in [3.63, 3.8) is 0 Å². The molecule has 0 bridgehead atoms. The highest BCUT2D eigenvalue weighted by Gasteiger charge is 2.20. The minimum Gasteiger partial charge on any atom is -0.382 e. The number of rotatable bonds is 2. The van der Waals surface area contributed by atoms with E-state index in [0.717, 1.165) is 24.3 Å². The number of hydrogen-bond acceptors (Lipinski definition) is 6. The number of piperidine rings is 1. The van der Waals surface area contributed by atoms with Gasteiger partial charge in [0.15, 0.2) is 0 Å². The van der Waals surface area contributed by atoms with Crippen LogP contribution in [0.2, 0.25) is 0 Å². The van der Waals surface area contributed by atoms with Crippen molar-refractivity contribution in [3.05, 3.63) is 29.8 Å². The number of nitrogens with zero attached hydrogens (tertiary/aromatic N) is 4. The standard InChI is InChI=1S/C16H18N6/c17-10-12-14(20-16(19)21-15(12)18)11-6-2-3-7-13(11)22-8-4-1-5-9-22/h2-3,6-7H,1,4-5,8-9H2,(H4,18,19,20,21). The van der Waals surface area contributed by atoms with E-state index < -0.39 is 0 Å². The molecule has 6 heteroatoms. The van der Waals surface area contributed by atoms with E-state index >= 15 is 0 Å². The van der Waals surface area contributed by atoms with Crippen LogP contribution >= 0.6 is 0 Å². The molecule has 0 atom stereocenters. The van der Waals surface area contributed by atoms with Gasteiger partial charge in [0.1, 0.15) is 17.5 Å². The summed E-state index contributed by atoms with van der Waals surface area (Å²) < 4.78 is 0. The molecule has 0 spiro atoms. The highest BCUT2D eigenvalue weighted by molar-refractivity contribution is 5.82. The predicted octanol–water partition coefficient (Wildman–Crippen LogP) is 2.17. The first-order valence-electron chi connectivity index (χ1n) is 7.38. The first kappa shape index (κ1) is 14.1. The summed E-state index contributed by atoms with van der Waals surface area (Å²) >= 11 is 0. The van der Waals surface area contributed by atoms with Gasteiger partial charge in [0, 0.05) is 24.3 Å². The molecule has 0 saturated carbocycles. The first-order valence-corrected chi connectivity index (χ1v) is 7.38. The molecule has 0 radical (unpaired) electrons. The van der Waals surface area contributed by atoms with E-state index in [1.807, 2.05) is 18.2 Å². The molecule has 22 heavy (non-hydrogen) atoms. The summed E-state index contributed by atoms with van der Waals surface area (Å²) in [4.78, 5) is 10.5. The van der Waals surface area contributed by atoms with Crippen LogP contribution in [-0.2, 0) is 0 Å². The molecule has 1 aromatic heterocycles. The Kier molecular flexibility index (Phi) is 3.79. The van der Waals surface area contributed by atoms with Gasteiger partial charge in [0.2, 0.25) is 5.95 Å². The molecule has 112 valence electrons. The van der Waals surface area contributed by atoms with Gasteiger partial charge >= 0.3 is 0 Å². The normalized spacial score (nSPS) is 14.6. The highest BCUT2D eigenvalue weighted by Crippen LogP contribution is 2.34. The van der Waals surface area contributed by atoms with Crippen molar-refractivity contribution < 1.29 is 0 Å². The summed E-state index contributed by atoms with van der Waals surface area (Å²) in [6.07, 6.45) is 3.61. The largest absolute Gasteiger partial charge is 0.382 e. The number of hydrogen-bond donors (Lipinski definition) is 2. The van der Waals surface area contributed by atoms with Gasteiger partial charge < -0.3 is 16.4 Å². The van der Waals surface area contributed by atoms with Crippen molar-refractivity contribution in [2.75, 3.05) is 29.5 Å². The molecule has 6 nitrogen and oxygen atoms in total. The minimum atomic E-state index is 0.0833. The van der Waals surface area contributed by atoms with E-state index in [-0.39, 0.29) is 17.3 Å². The summed E-state index contributed by atoms with van der Waals surface area (Å²) in [5.74, 6) is 0.207. The summed E-state index contributed by atoms with van der Waals surface area (Å²) in [5, 5.41) is 9.39. The number of anilines is 3. The van der Waals surface area contributed by atoms with Crippen LogP contribution in [0.15, 0.2) is 24.3 Å². The van der Waals surface area contributed by atoms with E-state index in [9.17, 15) is 5.26 Å². The fourth-order valence-electron chi connectivity index (χ4n) is 2.89. The fourth-order valence-corrected chi connectivity index (χ4v) is 2.89. The molecular formula is C16H18N6. The second-order valence-corrected chi connectivity index (χ2v) is 5.37. The quantitative estimate of drug-likeness (QED) is 0.879. The molecule has 1 saturated heterocycles. The fraction of sp³-hybridized carbons (Fsp3) is 0.312. The molecule has 0 aliphatic carbocycles. The van der Waals surface area contributed by atoms with Crippen LogP contribution in [0.5, 0.6) is 0 Å². The Balaban J connectivity index is 2.15. The Morgan fingerprint density at radius 2 is 1.77 bits per heavy atom. The minimum absolute atomic E-state index is 0.0833. The monoisotopic (exact) mass is 294 g/mol. The van der Waals surface area contributed by atoms with Crippen molar-refractivity contribution in [1.29, 1.82) is 5.26 Å². The first-order chi connectivity index (χ1) is 10.7. The number of para-hydroxylation sites is 1. The average molecular weight is 294 g/mol. The second-order valence-electron chi connectivity index (χ2n) is 5.37. The van der Waals surface area contributed by atoms with Crippen molar-refractivity contribution in [2.24, 2.45) is 0 Å². The van der Waals surface area contributed by atoms with Gasteiger partial charge in [-0.05, 0) is 25.3 Å². The predicted molar refractivity (Wildman–Crippen MR) is 87.1 cm³/mol. The van der Waals surface area contributed by atoms with Crippen LogP contribution in [0, 0.1) is 11.3 Å². The van der Waals surface area contributed by atoms with E-state index in [2.05, 4.69) is 27.0 Å². The van der Waals surface area contributed by atoms with Crippen molar-refractivity contribution >= 4 is 17.5 Å². The molecule has 1 fully saturated rings. The molecule has 0 unspecified atom stereocenters. The maximum Gasteiger partial charge on any atom is 0.222 e. The topological polar surface area (TPSA) is 105 Å². The molecule has 3 rings (SSSR count). The van der Waals surface area contributed by atoms with E-state index in [0.29, 0.717) is 5.69 Å². The molecule has 2 heterocycles. The third-order valence-corrected chi connectivity index (χ3v) is 3.92. The molecule has 2 aromatic rings. The third-order valence-electron chi connectivity index (χ3n) is 3.92. The Morgan fingerprint density at radius 3 is 2.50 bits per heavy atom. The SMILES string of the molecule is N#Cc1c(N)nc(N)nc1-c1ccccc1N1CCCCC1. The Hall–Kier alpha value is -2.81. The van der Waals surface area contributed by atoms with Crippen LogP contribution in [0.3, 0.4) is 0 Å². The van der Waals surface area contributed by atoms with Crippen LogP contribution in [0.4, 0.5) is 17.5 Å². The lowest BCUT2D eigenvalue weighted by atomic mass is 10.0. The lowest BCUT2D eigenvalue weighted by Gasteiger charge is -2.30. The van der Waals surface area contributed by atoms with Crippen molar-refractivity contribution in [1.82, 2.24) is 9.97 Å². The lowest BCUT2D eigenvalue weighted by molar-refractivity contribution is 0.578. The summed E-state index contributed by atoms with van der Waals surface area (Å²) in [5.41, 5.74) is 14.3. The van der Waals surface area contributed by atoms with Gasteiger partial charge in [-0.2, -0.15) is 10.2 Å². The average Bonchev–Trinajstić information content (AvgIpc) is 2.55. The second kappa shape index (κ2) is 5.90. The van der Waals surface area contributed by atoms with Crippen LogP contribution in [0.25, 0.3) is 11.3 Å². The zero-order valence-corrected chi connectivity index (χ0v) is 12.3. The third kappa shape index (κ3) is 2.53. The number of nitrogen functional groups attached to an aromatic ring is 2. The van der Waals surface area contributed by atoms with Gasteiger partial charge in [0.05, 0.1) is 5.69 Å². The van der Waals surface area contributed by atoms with E-state index in [1.54, 1.807) is 0 Å². The number of nitrogens with two attached hydrogens (primary N) is 2. The zero-order valence-electron chi connectivity index (χ0n) is 12.3. The van der Waals surface area contributed by atoms with Crippen molar-refractivity contribution in [3.8, 4) is 17.3 Å². The molecular weight excluding hydrogens is 276 g/mol. The molecule has 1 aromatic carbocycles. The Bertz CT molecular complexity index is 728. The zero-order chi connectivity index (χ0) is 15.5. The molecule has 0 amide bonds. The Labute approximate surface area is 129 Å². The van der Waals surface area contributed by atoms with Crippen LogP contribution in [0.1, 0.15) is 24.8 Å². The number of nitriles is 1. The van der Waals surface area contributed by atoms with Crippen LogP contribution in [-0.4, -0.2) is 23.1 Å². The molecule has 1 aliphatic rings. The van der Waals surface area contributed by atoms with Gasteiger partial charge in [-0.25, -0.2) is 4.98 Å². The highest BCUT2D eigenvalue weighted by atomic mass is 15.1. The van der Waals surface area contributed by atoms with Gasteiger partial charge in [-0.3, -0.25) is 0 Å². The van der Waals surface area contributed by atoms with E-state index in [4.69, 9.17) is 11.5 Å². The van der Waals surface area contributed by atoms with Gasteiger partial charge in [-0.1, -0.05) is 18.2 Å². The molecule has 1 aliphatic heterocycles. The maximum atomic E-state index is 9.39. The smallest absolute Gasteiger partial charge is 0.222 e. The van der Waals surface area contributed by atoms with Gasteiger partial charge in [0.25, 0.3) is 0 Å². The van der Waals surface area contributed by atoms with E-state index in [1.165, 1.54) is 19.3 Å². The molecule has 4 N–H and O–H groups in total. The summed E-state index contributed by atoms with van der Waals surface area (Å²) in [6.45, 7) is 2.02. The number of aromatic nitrogens is 2. The lowest BCUT2D eigenvalue weighted by Crippen LogP contribution is -2.29.